The van der Waals surface area contributed by atoms with Gasteiger partial charge in [-0.25, -0.2) is 4.79 Å². The van der Waals surface area contributed by atoms with Gasteiger partial charge in [0.1, 0.15) is 19.3 Å². The molecule has 0 heterocycles. The van der Waals surface area contributed by atoms with E-state index in [4.69, 9.17) is 18.9 Å². The summed E-state index contributed by atoms with van der Waals surface area (Å²) in [6.45, 7) is 13.1. The summed E-state index contributed by atoms with van der Waals surface area (Å²) < 4.78 is 21.3. The summed E-state index contributed by atoms with van der Waals surface area (Å²) in [5, 5.41) is 29.4. The predicted molar refractivity (Wildman–Crippen MR) is 193 cm³/mol. The average Bonchev–Trinajstić information content (AvgIpc) is 3.07. The molecule has 0 spiro atoms. The average molecular weight is 747 g/mol. The summed E-state index contributed by atoms with van der Waals surface area (Å²) in [6.07, 6.45) is 5.93. The molecule has 0 fully saturated rings. The SMILES string of the molecule is CC(C)CCCCCCNC(=O)COCCOCCNC(=O)COCCOCCNC(=O)CCC(NC(=O)C(C)(C)CCC(C)(C)C(=O)O)C(=O)O. The number of aliphatic carboxylic acids is 2. The molecule has 0 saturated heterocycles. The largest absolute Gasteiger partial charge is 0.481 e. The molecule has 0 aliphatic heterocycles. The smallest absolute Gasteiger partial charge is 0.326 e. The Morgan fingerprint density at radius 3 is 1.58 bits per heavy atom. The lowest BCUT2D eigenvalue weighted by Gasteiger charge is -2.29. The Labute approximate surface area is 309 Å². The van der Waals surface area contributed by atoms with E-state index in [9.17, 15) is 39.0 Å². The monoisotopic (exact) mass is 746 g/mol. The van der Waals surface area contributed by atoms with Crippen LogP contribution >= 0.6 is 0 Å². The van der Waals surface area contributed by atoms with Gasteiger partial charge in [0.2, 0.25) is 23.6 Å². The van der Waals surface area contributed by atoms with Crippen LogP contribution < -0.4 is 21.3 Å². The Morgan fingerprint density at radius 2 is 1.06 bits per heavy atom. The van der Waals surface area contributed by atoms with Gasteiger partial charge in [-0.05, 0) is 45.4 Å². The first-order valence-corrected chi connectivity index (χ1v) is 18.4. The number of rotatable bonds is 33. The Hall–Kier alpha value is -3.34. The van der Waals surface area contributed by atoms with E-state index in [-0.39, 0.29) is 90.3 Å². The molecule has 0 rings (SSSR count). The standard InChI is InChI=1S/C36H66N4O12/c1-27(2)11-9-7-8-10-16-37-30(42)25-51-23-22-50-20-18-39-31(43)26-52-24-21-49-19-17-38-29(41)13-12-28(32(44)45)40-33(46)35(3,4)14-15-36(5,6)34(47)48/h27-28H,7-26H2,1-6H3,(H,37,42)(H,38,41)(H,39,43)(H,40,46)(H,44,45)(H,47,48). The highest BCUT2D eigenvalue weighted by molar-refractivity contribution is 5.87. The molecule has 6 N–H and O–H groups in total. The van der Waals surface area contributed by atoms with Crippen molar-refractivity contribution in [3.05, 3.63) is 0 Å². The van der Waals surface area contributed by atoms with Crippen LogP contribution in [-0.4, -0.2) is 124 Å². The molecule has 4 amide bonds. The summed E-state index contributed by atoms with van der Waals surface area (Å²) >= 11 is 0. The second kappa shape index (κ2) is 28.2. The van der Waals surface area contributed by atoms with Crippen LogP contribution in [0.4, 0.5) is 0 Å². The second-order valence-corrected chi connectivity index (χ2v) is 14.5. The zero-order chi connectivity index (χ0) is 39.4. The predicted octanol–water partition coefficient (Wildman–Crippen LogP) is 2.27. The van der Waals surface area contributed by atoms with Gasteiger partial charge in [0, 0.05) is 31.5 Å². The molecule has 16 heteroatoms. The summed E-state index contributed by atoms with van der Waals surface area (Å²) in [6, 6.07) is -1.28. The van der Waals surface area contributed by atoms with Crippen molar-refractivity contribution in [2.24, 2.45) is 16.7 Å². The number of carboxylic acids is 2. The number of amides is 4. The van der Waals surface area contributed by atoms with Gasteiger partial charge in [-0.2, -0.15) is 0 Å². The van der Waals surface area contributed by atoms with Gasteiger partial charge in [-0.1, -0.05) is 53.4 Å². The lowest BCUT2D eigenvalue weighted by molar-refractivity contribution is -0.148. The molecule has 1 unspecified atom stereocenters. The normalized spacial score (nSPS) is 12.3. The second-order valence-electron chi connectivity index (χ2n) is 14.5. The third kappa shape index (κ3) is 26.4. The summed E-state index contributed by atoms with van der Waals surface area (Å²) in [5.41, 5.74) is -2.04. The third-order valence-corrected chi connectivity index (χ3v) is 8.21. The molecule has 0 aromatic rings. The maximum Gasteiger partial charge on any atom is 0.326 e. The fourth-order valence-electron chi connectivity index (χ4n) is 4.48. The van der Waals surface area contributed by atoms with Gasteiger partial charge in [-0.15, -0.1) is 0 Å². The molecule has 0 aromatic carbocycles. The van der Waals surface area contributed by atoms with Crippen LogP contribution in [0.1, 0.15) is 99.3 Å². The van der Waals surface area contributed by atoms with Gasteiger partial charge in [0.15, 0.2) is 0 Å². The van der Waals surface area contributed by atoms with Crippen LogP contribution in [-0.2, 0) is 47.7 Å². The molecule has 0 radical (unpaired) electrons. The molecule has 0 aliphatic carbocycles. The first kappa shape index (κ1) is 48.7. The topological polar surface area (TPSA) is 228 Å². The Morgan fingerprint density at radius 1 is 0.577 bits per heavy atom. The molecule has 0 aliphatic rings. The fraction of sp³-hybridized carbons (Fsp3) is 0.833. The van der Waals surface area contributed by atoms with E-state index in [0.29, 0.717) is 19.7 Å². The van der Waals surface area contributed by atoms with E-state index >= 15 is 0 Å². The molecule has 0 aromatic heterocycles. The highest BCUT2D eigenvalue weighted by Crippen LogP contribution is 2.31. The van der Waals surface area contributed by atoms with Gasteiger partial charge >= 0.3 is 11.9 Å². The lowest BCUT2D eigenvalue weighted by Crippen LogP contribution is -2.47. The van der Waals surface area contributed by atoms with Gasteiger partial charge in [0.25, 0.3) is 0 Å². The van der Waals surface area contributed by atoms with Crippen molar-refractivity contribution < 1.29 is 57.9 Å². The van der Waals surface area contributed by atoms with E-state index in [1.807, 2.05) is 0 Å². The Balaban J connectivity index is 3.83. The number of carboxylic acid groups (broad SMARTS) is 2. The zero-order valence-corrected chi connectivity index (χ0v) is 32.3. The Kier molecular flexibility index (Phi) is 26.4. The first-order chi connectivity index (χ1) is 24.5. The van der Waals surface area contributed by atoms with Crippen LogP contribution in [0, 0.1) is 16.7 Å². The summed E-state index contributed by atoms with van der Waals surface area (Å²) in [7, 11) is 0. The van der Waals surface area contributed by atoms with E-state index < -0.39 is 40.6 Å². The van der Waals surface area contributed by atoms with Crippen LogP contribution in [0.2, 0.25) is 0 Å². The maximum absolute atomic E-state index is 12.7. The third-order valence-electron chi connectivity index (χ3n) is 8.21. The van der Waals surface area contributed by atoms with Crippen LogP contribution in [0.3, 0.4) is 0 Å². The highest BCUT2D eigenvalue weighted by atomic mass is 16.5. The van der Waals surface area contributed by atoms with Crippen molar-refractivity contribution in [2.75, 3.05) is 72.5 Å². The maximum atomic E-state index is 12.7. The molecule has 1 atom stereocenters. The Bertz CT molecular complexity index is 1070. The van der Waals surface area contributed by atoms with Crippen molar-refractivity contribution in [3.8, 4) is 0 Å². The molecular weight excluding hydrogens is 680 g/mol. The number of nitrogens with one attached hydrogen (secondary N) is 4. The van der Waals surface area contributed by atoms with Gasteiger partial charge in [-0.3, -0.25) is 24.0 Å². The minimum Gasteiger partial charge on any atom is -0.481 e. The molecular formula is C36H66N4O12. The van der Waals surface area contributed by atoms with Crippen LogP contribution in [0.25, 0.3) is 0 Å². The first-order valence-electron chi connectivity index (χ1n) is 18.4. The summed E-state index contributed by atoms with van der Waals surface area (Å²) in [4.78, 5) is 71.6. The zero-order valence-electron chi connectivity index (χ0n) is 32.3. The number of carbonyl (C=O) groups excluding carboxylic acids is 4. The minimum atomic E-state index is -1.28. The quantitative estimate of drug-likeness (QED) is 0.0532. The van der Waals surface area contributed by atoms with Crippen molar-refractivity contribution in [2.45, 2.75) is 105 Å². The molecule has 0 saturated carbocycles. The molecule has 16 nitrogen and oxygen atoms in total. The van der Waals surface area contributed by atoms with Crippen LogP contribution in [0.5, 0.6) is 0 Å². The summed E-state index contributed by atoms with van der Waals surface area (Å²) in [5.74, 6) is -2.93. The number of ether oxygens (including phenoxy) is 4. The molecule has 0 bridgehead atoms. The number of hydrogen-bond donors (Lipinski definition) is 6. The van der Waals surface area contributed by atoms with Crippen molar-refractivity contribution in [1.82, 2.24) is 21.3 Å². The number of unbranched alkanes of at least 4 members (excludes halogenated alkanes) is 3. The van der Waals surface area contributed by atoms with Crippen molar-refractivity contribution in [3.63, 3.8) is 0 Å². The molecule has 52 heavy (non-hydrogen) atoms. The van der Waals surface area contributed by atoms with Gasteiger partial charge in [0.05, 0.1) is 45.1 Å². The van der Waals surface area contributed by atoms with Crippen molar-refractivity contribution in [1.29, 1.82) is 0 Å². The van der Waals surface area contributed by atoms with Gasteiger partial charge < -0.3 is 50.4 Å². The van der Waals surface area contributed by atoms with Crippen molar-refractivity contribution >= 4 is 35.6 Å². The van der Waals surface area contributed by atoms with E-state index in [1.54, 1.807) is 27.7 Å². The van der Waals surface area contributed by atoms with E-state index in [2.05, 4.69) is 35.1 Å². The minimum absolute atomic E-state index is 0.0141. The number of hydrogen-bond acceptors (Lipinski definition) is 10. The van der Waals surface area contributed by atoms with E-state index in [0.717, 1.165) is 18.8 Å². The highest BCUT2D eigenvalue weighted by Gasteiger charge is 2.35. The fourth-order valence-corrected chi connectivity index (χ4v) is 4.48. The number of carbonyl (C=O) groups is 6. The lowest BCUT2D eigenvalue weighted by atomic mass is 9.78. The molecule has 302 valence electrons. The van der Waals surface area contributed by atoms with E-state index in [1.165, 1.54) is 19.3 Å². The van der Waals surface area contributed by atoms with Crippen LogP contribution in [0.15, 0.2) is 0 Å².